The molecule has 3 nitrogen and oxygen atoms in total. The summed E-state index contributed by atoms with van der Waals surface area (Å²) in [5, 5.41) is 4.69. The van der Waals surface area contributed by atoms with Crippen LogP contribution in [0.5, 0.6) is 0 Å². The molecule has 5 heteroatoms. The minimum absolute atomic E-state index is 0. The fourth-order valence-corrected chi connectivity index (χ4v) is 5.89. The van der Waals surface area contributed by atoms with Gasteiger partial charge in [0.15, 0.2) is 0 Å². The van der Waals surface area contributed by atoms with Gasteiger partial charge in [-0.15, -0.1) is 47.3 Å². The average molecular weight is 748 g/mol. The van der Waals surface area contributed by atoms with Crippen LogP contribution in [-0.2, 0) is 20.1 Å². The number of para-hydroxylation sites is 2. The molecule has 3 heterocycles. The SMILES string of the molecule is [Ir].[c-]1ccccc1-c1ccccn1.[c-]1sc2ccccc2c1-c1nc2ccccc2n1-c1ccc(-c2ccccc2)cc1. The van der Waals surface area contributed by atoms with Crippen LogP contribution in [0.2, 0.25) is 0 Å². The van der Waals surface area contributed by atoms with Crippen LogP contribution < -0.4 is 0 Å². The Kier molecular flexibility index (Phi) is 8.67. The number of imidazole rings is 1. The van der Waals surface area contributed by atoms with Crippen molar-refractivity contribution in [1.29, 1.82) is 0 Å². The molecule has 8 aromatic rings. The Balaban J connectivity index is 0.000000213. The summed E-state index contributed by atoms with van der Waals surface area (Å²) in [6.45, 7) is 0. The minimum atomic E-state index is 0. The molecule has 0 N–H and O–H groups in total. The van der Waals surface area contributed by atoms with Crippen molar-refractivity contribution >= 4 is 32.5 Å². The number of thiophene rings is 1. The Morgan fingerprint density at radius 3 is 2.14 bits per heavy atom. The Morgan fingerprint density at radius 2 is 1.35 bits per heavy atom. The van der Waals surface area contributed by atoms with Crippen molar-refractivity contribution in [3.05, 3.63) is 163 Å². The molecule has 0 aliphatic carbocycles. The van der Waals surface area contributed by atoms with Crippen molar-refractivity contribution in [3.63, 3.8) is 0 Å². The number of hydrogen-bond donors (Lipinski definition) is 0. The van der Waals surface area contributed by atoms with E-state index in [1.165, 1.54) is 21.2 Å². The third-order valence-electron chi connectivity index (χ3n) is 7.09. The van der Waals surface area contributed by atoms with Gasteiger partial charge in [-0.1, -0.05) is 101 Å². The maximum Gasteiger partial charge on any atom is 0.0774 e. The smallest absolute Gasteiger partial charge is 0.0774 e. The predicted octanol–water partition coefficient (Wildman–Crippen LogP) is 9.92. The van der Waals surface area contributed by atoms with Crippen LogP contribution in [0.1, 0.15) is 0 Å². The first-order chi connectivity index (χ1) is 20.8. The molecule has 0 saturated heterocycles. The second-order valence-electron chi connectivity index (χ2n) is 9.74. The van der Waals surface area contributed by atoms with E-state index in [-0.39, 0.29) is 20.1 Å². The summed E-state index contributed by atoms with van der Waals surface area (Å²) < 4.78 is 3.47. The van der Waals surface area contributed by atoms with Gasteiger partial charge in [-0.05, 0) is 47.2 Å². The molecule has 0 amide bonds. The molecule has 3 aromatic heterocycles. The molecule has 0 bridgehead atoms. The third-order valence-corrected chi connectivity index (χ3v) is 7.97. The molecule has 0 spiro atoms. The predicted molar refractivity (Wildman–Crippen MR) is 175 cm³/mol. The van der Waals surface area contributed by atoms with E-state index in [9.17, 15) is 0 Å². The van der Waals surface area contributed by atoms with Crippen molar-refractivity contribution < 1.29 is 20.1 Å². The first kappa shape index (κ1) is 28.4. The summed E-state index contributed by atoms with van der Waals surface area (Å²) in [5.74, 6) is 0.932. The van der Waals surface area contributed by atoms with Crippen LogP contribution in [-0.4, -0.2) is 14.5 Å². The van der Waals surface area contributed by atoms with Crippen molar-refractivity contribution in [2.75, 3.05) is 0 Å². The summed E-state index contributed by atoms with van der Waals surface area (Å²) in [5.41, 5.74) is 8.68. The monoisotopic (exact) mass is 748 g/mol. The summed E-state index contributed by atoms with van der Waals surface area (Å²) in [6.07, 6.45) is 1.79. The van der Waals surface area contributed by atoms with E-state index in [0.717, 1.165) is 39.4 Å². The molecule has 209 valence electrons. The number of fused-ring (bicyclic) bond motifs is 2. The molecule has 0 unspecified atom stereocenters. The molecule has 43 heavy (non-hydrogen) atoms. The van der Waals surface area contributed by atoms with Crippen molar-refractivity contribution in [3.8, 4) is 39.5 Å². The summed E-state index contributed by atoms with van der Waals surface area (Å²) in [7, 11) is 0. The van der Waals surface area contributed by atoms with Gasteiger partial charge in [0.25, 0.3) is 0 Å². The molecule has 0 aliphatic rings. The number of pyridine rings is 1. The number of rotatable bonds is 4. The molecular weight excluding hydrogens is 723 g/mol. The van der Waals surface area contributed by atoms with Crippen LogP contribution in [0.4, 0.5) is 0 Å². The topological polar surface area (TPSA) is 30.7 Å². The van der Waals surface area contributed by atoms with Gasteiger partial charge in [0, 0.05) is 32.0 Å². The Labute approximate surface area is 268 Å². The molecule has 0 atom stereocenters. The minimum Gasteiger partial charge on any atom is -0.333 e. The molecule has 8 rings (SSSR count). The van der Waals surface area contributed by atoms with Crippen LogP contribution in [0.15, 0.2) is 152 Å². The van der Waals surface area contributed by atoms with E-state index in [0.29, 0.717) is 0 Å². The zero-order valence-electron chi connectivity index (χ0n) is 23.0. The Morgan fingerprint density at radius 1 is 0.628 bits per heavy atom. The van der Waals surface area contributed by atoms with Gasteiger partial charge in [0.1, 0.15) is 0 Å². The number of hydrogen-bond acceptors (Lipinski definition) is 3. The standard InChI is InChI=1S/C27H17N2S.C11H8N.Ir/c1-2-8-19(9-3-1)20-14-16-21(17-15-20)29-25-12-6-5-11-24(25)28-27(29)23-18-30-26-13-7-4-10-22(23)26;1-2-6-10(7-3-1)11-8-4-5-9-12-11;/h1-17H;1-6,8-9H;/q2*-1;. The summed E-state index contributed by atoms with van der Waals surface area (Å²) in [4.78, 5) is 9.22. The van der Waals surface area contributed by atoms with Gasteiger partial charge < -0.3 is 9.55 Å². The van der Waals surface area contributed by atoms with Gasteiger partial charge in [-0.2, -0.15) is 0 Å². The summed E-state index contributed by atoms with van der Waals surface area (Å²) in [6, 6.07) is 52.7. The Bertz CT molecular complexity index is 2030. The normalized spacial score (nSPS) is 10.6. The third kappa shape index (κ3) is 5.97. The van der Waals surface area contributed by atoms with E-state index in [1.54, 1.807) is 17.5 Å². The van der Waals surface area contributed by atoms with Crippen LogP contribution >= 0.6 is 11.3 Å². The van der Waals surface area contributed by atoms with Crippen molar-refractivity contribution in [1.82, 2.24) is 14.5 Å². The second-order valence-corrected chi connectivity index (χ2v) is 10.6. The zero-order valence-corrected chi connectivity index (χ0v) is 26.2. The molecule has 0 saturated carbocycles. The van der Waals surface area contributed by atoms with E-state index in [4.69, 9.17) is 4.98 Å². The van der Waals surface area contributed by atoms with E-state index in [2.05, 4.69) is 112 Å². The van der Waals surface area contributed by atoms with Gasteiger partial charge in [0.2, 0.25) is 0 Å². The number of aromatic nitrogens is 3. The Hall–Kier alpha value is -4.67. The largest absolute Gasteiger partial charge is 0.333 e. The van der Waals surface area contributed by atoms with Crippen LogP contribution in [0.25, 0.3) is 60.6 Å². The van der Waals surface area contributed by atoms with Gasteiger partial charge in [-0.25, -0.2) is 0 Å². The molecular formula is C38H25IrN3S-2. The van der Waals surface area contributed by atoms with Crippen molar-refractivity contribution in [2.45, 2.75) is 0 Å². The number of nitrogens with zero attached hydrogens (tertiary/aromatic N) is 3. The van der Waals surface area contributed by atoms with E-state index in [1.807, 2.05) is 54.6 Å². The molecule has 1 radical (unpaired) electrons. The first-order valence-electron chi connectivity index (χ1n) is 13.8. The average Bonchev–Trinajstić information content (AvgIpc) is 3.68. The van der Waals surface area contributed by atoms with Gasteiger partial charge in [-0.3, -0.25) is 16.3 Å². The van der Waals surface area contributed by atoms with Gasteiger partial charge in [0.05, 0.1) is 16.9 Å². The molecule has 0 fully saturated rings. The van der Waals surface area contributed by atoms with Gasteiger partial charge >= 0.3 is 0 Å². The maximum absolute atomic E-state index is 5.00. The fraction of sp³-hybridized carbons (Fsp3) is 0. The maximum atomic E-state index is 5.00. The quantitative estimate of drug-likeness (QED) is 0.168. The molecule has 0 aliphatic heterocycles. The molecule has 5 aromatic carbocycles. The van der Waals surface area contributed by atoms with E-state index < -0.39 is 0 Å². The zero-order chi connectivity index (χ0) is 28.1. The first-order valence-corrected chi connectivity index (χ1v) is 14.6. The van der Waals surface area contributed by atoms with Crippen LogP contribution in [0, 0.1) is 11.4 Å². The second kappa shape index (κ2) is 13.1. The van der Waals surface area contributed by atoms with Crippen LogP contribution in [0.3, 0.4) is 0 Å². The van der Waals surface area contributed by atoms with E-state index >= 15 is 0 Å². The fourth-order valence-electron chi connectivity index (χ4n) is 5.05. The summed E-state index contributed by atoms with van der Waals surface area (Å²) >= 11 is 1.64. The number of benzene rings is 5. The van der Waals surface area contributed by atoms with Crippen molar-refractivity contribution in [2.24, 2.45) is 0 Å².